The molecule has 2 unspecified atom stereocenters. The molecule has 0 heterocycles. The lowest BCUT2D eigenvalue weighted by Gasteiger charge is -2.25. The van der Waals surface area contributed by atoms with E-state index in [9.17, 15) is 4.39 Å². The van der Waals surface area contributed by atoms with Crippen molar-refractivity contribution in [2.24, 2.45) is 11.8 Å². The summed E-state index contributed by atoms with van der Waals surface area (Å²) in [7, 11) is 0. The van der Waals surface area contributed by atoms with E-state index in [4.69, 9.17) is 0 Å². The molecule has 3 heteroatoms. The van der Waals surface area contributed by atoms with Crippen molar-refractivity contribution in [3.8, 4) is 0 Å². The molecule has 1 aromatic rings. The van der Waals surface area contributed by atoms with Gasteiger partial charge in [-0.1, -0.05) is 29.8 Å². The number of hydrogen-bond donors (Lipinski definition) is 1. The molecule has 0 saturated heterocycles. The predicted octanol–water partition coefficient (Wildman–Crippen LogP) is 4.15. The van der Waals surface area contributed by atoms with Gasteiger partial charge in [-0.05, 0) is 61.4 Å². The van der Waals surface area contributed by atoms with Crippen molar-refractivity contribution < 1.29 is 4.39 Å². The zero-order valence-corrected chi connectivity index (χ0v) is 12.6. The number of rotatable bonds is 6. The van der Waals surface area contributed by atoms with Crippen molar-refractivity contribution >= 4 is 15.9 Å². The molecule has 1 aliphatic rings. The molecule has 1 aliphatic carbocycles. The average Bonchev–Trinajstić information content (AvgIpc) is 3.16. The number of nitrogens with one attached hydrogen (secondary N) is 1. The minimum atomic E-state index is -0.0934. The molecule has 0 spiro atoms. The van der Waals surface area contributed by atoms with Crippen LogP contribution < -0.4 is 5.32 Å². The van der Waals surface area contributed by atoms with Gasteiger partial charge in [0.2, 0.25) is 0 Å². The zero-order valence-electron chi connectivity index (χ0n) is 11.0. The first kappa shape index (κ1) is 14.0. The van der Waals surface area contributed by atoms with E-state index >= 15 is 0 Å². The predicted molar refractivity (Wildman–Crippen MR) is 77.2 cm³/mol. The van der Waals surface area contributed by atoms with Crippen LogP contribution in [0, 0.1) is 17.7 Å². The van der Waals surface area contributed by atoms with Crippen molar-refractivity contribution in [2.45, 2.75) is 39.2 Å². The highest BCUT2D eigenvalue weighted by Gasteiger charge is 2.33. The Labute approximate surface area is 117 Å². The second kappa shape index (κ2) is 6.16. The van der Waals surface area contributed by atoms with E-state index in [1.165, 1.54) is 12.8 Å². The molecule has 1 fully saturated rings. The van der Waals surface area contributed by atoms with Crippen LogP contribution in [-0.4, -0.2) is 12.6 Å². The van der Waals surface area contributed by atoms with Gasteiger partial charge in [0.25, 0.3) is 0 Å². The monoisotopic (exact) mass is 313 g/mol. The summed E-state index contributed by atoms with van der Waals surface area (Å²) >= 11 is 3.42. The largest absolute Gasteiger partial charge is 0.314 e. The first-order valence-electron chi connectivity index (χ1n) is 6.79. The molecule has 0 aromatic heterocycles. The normalized spacial score (nSPS) is 18.7. The number of benzene rings is 1. The van der Waals surface area contributed by atoms with Crippen LogP contribution in [0.5, 0.6) is 0 Å². The van der Waals surface area contributed by atoms with Crippen molar-refractivity contribution in [3.05, 3.63) is 34.1 Å². The van der Waals surface area contributed by atoms with E-state index in [0.717, 1.165) is 28.9 Å². The Morgan fingerprint density at radius 1 is 1.44 bits per heavy atom. The second-order valence-corrected chi connectivity index (χ2v) is 6.22. The molecule has 100 valence electrons. The molecule has 0 radical (unpaired) electrons. The highest BCUT2D eigenvalue weighted by atomic mass is 79.9. The maximum atomic E-state index is 13.8. The Kier molecular flexibility index (Phi) is 4.79. The molecular formula is C15H21BrFN. The Morgan fingerprint density at radius 3 is 2.78 bits per heavy atom. The molecule has 1 aromatic carbocycles. The summed E-state index contributed by atoms with van der Waals surface area (Å²) in [6.07, 6.45) is 3.45. The van der Waals surface area contributed by atoms with Gasteiger partial charge in [-0.15, -0.1) is 0 Å². The van der Waals surface area contributed by atoms with Gasteiger partial charge in [-0.3, -0.25) is 0 Å². The van der Waals surface area contributed by atoms with E-state index < -0.39 is 0 Å². The smallest absolute Gasteiger partial charge is 0.126 e. The Morgan fingerprint density at radius 2 is 2.17 bits per heavy atom. The summed E-state index contributed by atoms with van der Waals surface area (Å²) in [5.41, 5.74) is 0.808. The fourth-order valence-electron chi connectivity index (χ4n) is 2.59. The Hall–Kier alpha value is -0.410. The fraction of sp³-hybridized carbons (Fsp3) is 0.600. The van der Waals surface area contributed by atoms with Crippen LogP contribution in [0.25, 0.3) is 0 Å². The average molecular weight is 314 g/mol. The maximum Gasteiger partial charge on any atom is 0.126 e. The zero-order chi connectivity index (χ0) is 13.1. The van der Waals surface area contributed by atoms with Gasteiger partial charge in [-0.2, -0.15) is 0 Å². The quantitative estimate of drug-likeness (QED) is 0.831. The molecule has 1 saturated carbocycles. The third-order valence-electron chi connectivity index (χ3n) is 3.91. The maximum absolute atomic E-state index is 13.8. The Bertz CT molecular complexity index is 403. The fourth-order valence-corrected chi connectivity index (χ4v) is 3.00. The highest BCUT2D eigenvalue weighted by molar-refractivity contribution is 9.10. The summed E-state index contributed by atoms with van der Waals surface area (Å²) in [4.78, 5) is 0. The van der Waals surface area contributed by atoms with Gasteiger partial charge in [0.05, 0.1) is 0 Å². The lowest BCUT2D eigenvalue weighted by atomic mass is 9.91. The summed E-state index contributed by atoms with van der Waals surface area (Å²) < 4.78 is 14.8. The summed E-state index contributed by atoms with van der Waals surface area (Å²) in [5, 5.41) is 3.52. The molecular weight excluding hydrogens is 293 g/mol. The van der Waals surface area contributed by atoms with Gasteiger partial charge in [-0.25, -0.2) is 4.39 Å². The van der Waals surface area contributed by atoms with Gasteiger partial charge < -0.3 is 5.32 Å². The first-order valence-corrected chi connectivity index (χ1v) is 7.58. The molecule has 0 aliphatic heterocycles. The van der Waals surface area contributed by atoms with Gasteiger partial charge in [0, 0.05) is 10.5 Å². The van der Waals surface area contributed by atoms with Crippen LogP contribution >= 0.6 is 15.9 Å². The van der Waals surface area contributed by atoms with Gasteiger partial charge >= 0.3 is 0 Å². The topological polar surface area (TPSA) is 12.0 Å². The summed E-state index contributed by atoms with van der Waals surface area (Å²) in [5.74, 6) is 1.37. The van der Waals surface area contributed by atoms with Crippen LogP contribution in [0.3, 0.4) is 0 Å². The van der Waals surface area contributed by atoms with Crippen molar-refractivity contribution in [2.75, 3.05) is 6.54 Å². The van der Waals surface area contributed by atoms with Crippen LogP contribution in [0.1, 0.15) is 32.3 Å². The molecule has 2 rings (SSSR count). The summed E-state index contributed by atoms with van der Waals surface area (Å²) in [6.45, 7) is 5.35. The van der Waals surface area contributed by atoms with Gasteiger partial charge in [0.1, 0.15) is 5.82 Å². The number of halogens is 2. The SMILES string of the molecule is CCNC(Cc1cc(Br)ccc1F)C(C)C1CC1. The molecule has 2 atom stereocenters. The molecule has 0 amide bonds. The number of likely N-dealkylation sites (N-methyl/N-ethyl adjacent to an activating group) is 1. The van der Waals surface area contributed by atoms with Gasteiger partial charge in [0.15, 0.2) is 0 Å². The van der Waals surface area contributed by atoms with Crippen molar-refractivity contribution in [3.63, 3.8) is 0 Å². The van der Waals surface area contributed by atoms with Crippen molar-refractivity contribution in [1.82, 2.24) is 5.32 Å². The third kappa shape index (κ3) is 3.55. The molecule has 0 bridgehead atoms. The number of hydrogen-bond acceptors (Lipinski definition) is 1. The van der Waals surface area contributed by atoms with Crippen LogP contribution in [0.2, 0.25) is 0 Å². The first-order chi connectivity index (χ1) is 8.61. The standard InChI is InChI=1S/C15H21BrFN/c1-3-18-15(10(2)11-4-5-11)9-12-8-13(16)6-7-14(12)17/h6-8,10-11,15,18H,3-5,9H2,1-2H3. The lowest BCUT2D eigenvalue weighted by Crippen LogP contribution is -2.38. The van der Waals surface area contributed by atoms with E-state index in [1.54, 1.807) is 12.1 Å². The van der Waals surface area contributed by atoms with E-state index in [-0.39, 0.29) is 5.82 Å². The van der Waals surface area contributed by atoms with E-state index in [2.05, 4.69) is 35.1 Å². The third-order valence-corrected chi connectivity index (χ3v) is 4.41. The molecule has 18 heavy (non-hydrogen) atoms. The molecule has 1 nitrogen and oxygen atoms in total. The van der Waals surface area contributed by atoms with E-state index in [1.807, 2.05) is 6.07 Å². The Balaban J connectivity index is 2.09. The highest BCUT2D eigenvalue weighted by Crippen LogP contribution is 2.39. The second-order valence-electron chi connectivity index (χ2n) is 5.30. The summed E-state index contributed by atoms with van der Waals surface area (Å²) in [6, 6.07) is 5.58. The minimum absolute atomic E-state index is 0.0934. The molecule has 1 N–H and O–H groups in total. The van der Waals surface area contributed by atoms with E-state index in [0.29, 0.717) is 12.0 Å². The minimum Gasteiger partial charge on any atom is -0.314 e. The van der Waals surface area contributed by atoms with Crippen LogP contribution in [-0.2, 0) is 6.42 Å². The van der Waals surface area contributed by atoms with Crippen LogP contribution in [0.4, 0.5) is 4.39 Å². The van der Waals surface area contributed by atoms with Crippen molar-refractivity contribution in [1.29, 1.82) is 0 Å². The lowest BCUT2D eigenvalue weighted by molar-refractivity contribution is 0.341. The van der Waals surface area contributed by atoms with Crippen LogP contribution in [0.15, 0.2) is 22.7 Å².